The molecule has 0 radical (unpaired) electrons. The van der Waals surface area contributed by atoms with Crippen LogP contribution >= 0.6 is 11.7 Å². The molecule has 9 heteroatoms. The largest absolute Gasteiger partial charge is 0.365 e. The van der Waals surface area contributed by atoms with E-state index in [4.69, 9.17) is 4.74 Å². The number of fused-ring (bicyclic) bond motifs is 1. The highest BCUT2D eigenvalue weighted by Crippen LogP contribution is 2.17. The van der Waals surface area contributed by atoms with Crippen molar-refractivity contribution in [3.05, 3.63) is 53.9 Å². The molecule has 29 heavy (non-hydrogen) atoms. The fraction of sp³-hybridized carbons (Fsp3) is 0.350. The third-order valence-corrected chi connectivity index (χ3v) is 5.49. The number of hydrogen-bond acceptors (Lipinski definition) is 7. The van der Waals surface area contributed by atoms with E-state index in [0.29, 0.717) is 37.2 Å². The lowest BCUT2D eigenvalue weighted by Crippen LogP contribution is -2.52. The fourth-order valence-corrected chi connectivity index (χ4v) is 3.78. The summed E-state index contributed by atoms with van der Waals surface area (Å²) in [6.07, 6.45) is 1.75. The number of nitrogens with zero attached hydrogens (tertiary/aromatic N) is 5. The van der Waals surface area contributed by atoms with Crippen LogP contribution < -0.4 is 0 Å². The maximum Gasteiger partial charge on any atom is 0.254 e. The van der Waals surface area contributed by atoms with Gasteiger partial charge in [0.25, 0.3) is 11.8 Å². The first-order valence-electron chi connectivity index (χ1n) is 9.40. The molecule has 0 unspecified atom stereocenters. The van der Waals surface area contributed by atoms with Gasteiger partial charge in [0.1, 0.15) is 11.0 Å². The van der Waals surface area contributed by atoms with Crippen LogP contribution in [0.3, 0.4) is 0 Å². The summed E-state index contributed by atoms with van der Waals surface area (Å²) in [4.78, 5) is 33.3. The van der Waals surface area contributed by atoms with Crippen molar-refractivity contribution in [2.24, 2.45) is 0 Å². The van der Waals surface area contributed by atoms with Gasteiger partial charge in [-0.05, 0) is 30.3 Å². The van der Waals surface area contributed by atoms with Crippen LogP contribution in [-0.4, -0.2) is 74.7 Å². The Morgan fingerprint density at radius 2 is 2.10 bits per heavy atom. The second kappa shape index (κ2) is 8.62. The minimum Gasteiger partial charge on any atom is -0.365 e. The van der Waals surface area contributed by atoms with Crippen LogP contribution in [0.2, 0.25) is 0 Å². The van der Waals surface area contributed by atoms with Gasteiger partial charge in [-0.2, -0.15) is 8.75 Å². The Bertz CT molecular complexity index is 1010. The molecule has 3 heterocycles. The quantitative estimate of drug-likeness (QED) is 0.634. The number of morpholine rings is 1. The van der Waals surface area contributed by atoms with E-state index in [-0.39, 0.29) is 18.4 Å². The number of rotatable bonds is 5. The number of likely N-dealkylation sites (N-methyl/N-ethyl adjacent to an activating group) is 1. The minimum absolute atomic E-state index is 0.127. The maximum atomic E-state index is 12.9. The number of carbonyl (C=O) groups excluding carboxylic acids is 2. The van der Waals surface area contributed by atoms with Gasteiger partial charge < -0.3 is 14.5 Å². The lowest BCUT2D eigenvalue weighted by molar-refractivity contribution is -0.146. The summed E-state index contributed by atoms with van der Waals surface area (Å²) in [7, 11) is 1.75. The molecule has 1 aliphatic rings. The van der Waals surface area contributed by atoms with E-state index in [9.17, 15) is 9.59 Å². The molecule has 0 N–H and O–H groups in total. The molecule has 150 valence electrons. The summed E-state index contributed by atoms with van der Waals surface area (Å²) in [5.41, 5.74) is 2.95. The molecule has 0 aliphatic carbocycles. The van der Waals surface area contributed by atoms with Crippen LogP contribution in [0.5, 0.6) is 0 Å². The predicted octanol–water partition coefficient (Wildman–Crippen LogP) is 1.63. The van der Waals surface area contributed by atoms with Crippen molar-refractivity contribution < 1.29 is 14.3 Å². The van der Waals surface area contributed by atoms with E-state index >= 15 is 0 Å². The Kier molecular flexibility index (Phi) is 5.77. The van der Waals surface area contributed by atoms with Crippen LogP contribution in [0.4, 0.5) is 0 Å². The highest BCUT2D eigenvalue weighted by Gasteiger charge is 2.31. The standard InChI is InChI=1S/C20H21N5O3S/c1-24(9-7-15-4-2-3-8-21-15)20(27)18-13-25(10-11-28-18)19(26)14-5-6-16-17(12-14)23-29-22-16/h2-6,8,12,18H,7,9-11,13H2,1H3/t18-/m1/s1. The van der Waals surface area contributed by atoms with Crippen molar-refractivity contribution in [2.45, 2.75) is 12.5 Å². The van der Waals surface area contributed by atoms with Crippen LogP contribution in [-0.2, 0) is 16.0 Å². The van der Waals surface area contributed by atoms with E-state index in [1.54, 1.807) is 41.2 Å². The minimum atomic E-state index is -0.661. The molecule has 2 amide bonds. The summed E-state index contributed by atoms with van der Waals surface area (Å²) in [6, 6.07) is 11.0. The van der Waals surface area contributed by atoms with Crippen LogP contribution in [0.1, 0.15) is 16.1 Å². The molecule has 1 aliphatic heterocycles. The van der Waals surface area contributed by atoms with Crippen molar-refractivity contribution in [3.63, 3.8) is 0 Å². The molecule has 1 aromatic carbocycles. The Morgan fingerprint density at radius 3 is 2.93 bits per heavy atom. The van der Waals surface area contributed by atoms with E-state index in [2.05, 4.69) is 13.7 Å². The van der Waals surface area contributed by atoms with E-state index in [0.717, 1.165) is 22.9 Å². The first-order chi connectivity index (χ1) is 14.1. The number of pyridine rings is 1. The maximum absolute atomic E-state index is 12.9. The SMILES string of the molecule is CN(CCc1ccccn1)C(=O)[C@H]1CN(C(=O)c2ccc3nsnc3c2)CCO1. The Balaban J connectivity index is 1.37. The third-order valence-electron chi connectivity index (χ3n) is 4.94. The fourth-order valence-electron chi connectivity index (χ4n) is 3.27. The van der Waals surface area contributed by atoms with E-state index < -0.39 is 6.10 Å². The molecule has 1 fully saturated rings. The van der Waals surface area contributed by atoms with E-state index in [1.165, 1.54) is 0 Å². The zero-order chi connectivity index (χ0) is 20.2. The zero-order valence-electron chi connectivity index (χ0n) is 16.0. The molecular weight excluding hydrogens is 390 g/mol. The summed E-state index contributed by atoms with van der Waals surface area (Å²) in [6.45, 7) is 1.56. The van der Waals surface area contributed by atoms with Crippen molar-refractivity contribution in [1.29, 1.82) is 0 Å². The average molecular weight is 411 g/mol. The first-order valence-corrected chi connectivity index (χ1v) is 10.1. The van der Waals surface area contributed by atoms with Crippen molar-refractivity contribution in [2.75, 3.05) is 33.3 Å². The third kappa shape index (κ3) is 4.41. The molecule has 4 rings (SSSR count). The molecular formula is C20H21N5O3S. The Morgan fingerprint density at radius 1 is 1.24 bits per heavy atom. The van der Waals surface area contributed by atoms with Gasteiger partial charge >= 0.3 is 0 Å². The van der Waals surface area contributed by atoms with Gasteiger partial charge in [0.05, 0.1) is 24.9 Å². The van der Waals surface area contributed by atoms with Gasteiger partial charge in [0.15, 0.2) is 6.10 Å². The molecule has 2 aromatic heterocycles. The van der Waals surface area contributed by atoms with Gasteiger partial charge in [-0.15, -0.1) is 0 Å². The Labute approximate surface area is 172 Å². The summed E-state index contributed by atoms with van der Waals surface area (Å²) < 4.78 is 14.0. The molecule has 0 saturated carbocycles. The monoisotopic (exact) mass is 411 g/mol. The van der Waals surface area contributed by atoms with Crippen molar-refractivity contribution in [3.8, 4) is 0 Å². The van der Waals surface area contributed by atoms with Gasteiger partial charge in [0.2, 0.25) is 0 Å². The molecule has 8 nitrogen and oxygen atoms in total. The van der Waals surface area contributed by atoms with Crippen LogP contribution in [0, 0.1) is 0 Å². The van der Waals surface area contributed by atoms with Gasteiger partial charge in [-0.3, -0.25) is 14.6 Å². The topological polar surface area (TPSA) is 88.5 Å². The van der Waals surface area contributed by atoms with Crippen molar-refractivity contribution in [1.82, 2.24) is 23.5 Å². The lowest BCUT2D eigenvalue weighted by atomic mass is 10.1. The first kappa shape index (κ1) is 19.4. The second-order valence-corrected chi connectivity index (χ2v) is 7.44. The van der Waals surface area contributed by atoms with Crippen LogP contribution in [0.15, 0.2) is 42.6 Å². The average Bonchev–Trinajstić information content (AvgIpc) is 3.25. The number of benzene rings is 1. The van der Waals surface area contributed by atoms with Gasteiger partial charge in [-0.25, -0.2) is 0 Å². The number of aromatic nitrogens is 3. The number of ether oxygens (including phenoxy) is 1. The zero-order valence-corrected chi connectivity index (χ0v) is 16.8. The molecule has 1 saturated heterocycles. The van der Waals surface area contributed by atoms with Gasteiger partial charge in [-0.1, -0.05) is 6.07 Å². The smallest absolute Gasteiger partial charge is 0.254 e. The summed E-state index contributed by atoms with van der Waals surface area (Å²) in [5.74, 6) is -0.255. The highest BCUT2D eigenvalue weighted by molar-refractivity contribution is 7.00. The lowest BCUT2D eigenvalue weighted by Gasteiger charge is -2.34. The molecule has 0 spiro atoms. The second-order valence-electron chi connectivity index (χ2n) is 6.91. The van der Waals surface area contributed by atoms with Crippen LogP contribution in [0.25, 0.3) is 11.0 Å². The number of carbonyl (C=O) groups is 2. The normalized spacial score (nSPS) is 16.7. The Hall–Kier alpha value is -2.91. The summed E-state index contributed by atoms with van der Waals surface area (Å²) in [5, 5.41) is 0. The predicted molar refractivity (Wildman–Crippen MR) is 109 cm³/mol. The van der Waals surface area contributed by atoms with Gasteiger partial charge in [0, 0.05) is 44.0 Å². The molecule has 1 atom stereocenters. The number of hydrogen-bond donors (Lipinski definition) is 0. The highest BCUT2D eigenvalue weighted by atomic mass is 32.1. The van der Waals surface area contributed by atoms with Crippen molar-refractivity contribution >= 4 is 34.6 Å². The van der Waals surface area contributed by atoms with E-state index in [1.807, 2.05) is 18.2 Å². The number of amides is 2. The molecule has 3 aromatic rings. The molecule has 0 bridgehead atoms. The summed E-state index contributed by atoms with van der Waals surface area (Å²) >= 11 is 1.12.